The molecule has 1 unspecified atom stereocenters. The van der Waals surface area contributed by atoms with Gasteiger partial charge < -0.3 is 25.7 Å². The van der Waals surface area contributed by atoms with Crippen molar-refractivity contribution in [1.82, 2.24) is 25.6 Å². The second-order valence-corrected chi connectivity index (χ2v) is 13.0. The molecule has 3 aromatic rings. The van der Waals surface area contributed by atoms with E-state index in [9.17, 15) is 44.7 Å². The van der Waals surface area contributed by atoms with Crippen LogP contribution in [-0.4, -0.2) is 57.9 Å². The Kier molecular flexibility index (Phi) is 9.74. The standard InChI is InChI=1S/C32H34F8N6O3/c33-25(34)14-49-29-19(24(47)12-22-27(42-22)17-4-6-18(7-5-17)31(35,36)37)11-23-28(45-29)46-30(44-23)43-21-9-16(3-8-20(21)32(38,39)40)13-41-26(48)10-15-1-2-15/h3,8-9,11,15,17-18,22,25,27,42H,1-2,4-7,10,12-14H2,(H,41,48)(H2,43,44,45,46)/t17?,18?,22?,27-/m0/s1. The first-order chi connectivity index (χ1) is 23.1. The minimum atomic E-state index is -4.75. The van der Waals surface area contributed by atoms with Crippen LogP contribution in [0.25, 0.3) is 11.2 Å². The first-order valence-corrected chi connectivity index (χ1v) is 16.1. The molecule has 0 spiro atoms. The van der Waals surface area contributed by atoms with Crippen LogP contribution in [0.5, 0.6) is 5.88 Å². The number of ether oxygens (including phenoxy) is 1. The van der Waals surface area contributed by atoms with Crippen LogP contribution in [0.1, 0.15) is 72.9 Å². The van der Waals surface area contributed by atoms with E-state index in [4.69, 9.17) is 4.74 Å². The molecular weight excluding hydrogens is 668 g/mol. The summed E-state index contributed by atoms with van der Waals surface area (Å²) in [4.78, 5) is 36.5. The van der Waals surface area contributed by atoms with E-state index < -0.39 is 48.5 Å². The number of H-pyrrole nitrogens is 1. The molecule has 2 atom stereocenters. The van der Waals surface area contributed by atoms with Gasteiger partial charge >= 0.3 is 12.4 Å². The van der Waals surface area contributed by atoms with Gasteiger partial charge in [-0.05, 0) is 74.1 Å². The molecule has 49 heavy (non-hydrogen) atoms. The fraction of sp³-hybridized carbons (Fsp3) is 0.562. The monoisotopic (exact) mass is 702 g/mol. The van der Waals surface area contributed by atoms with E-state index in [1.54, 1.807) is 0 Å². The summed E-state index contributed by atoms with van der Waals surface area (Å²) in [6.45, 7) is -1.08. The van der Waals surface area contributed by atoms with Crippen molar-refractivity contribution in [3.63, 3.8) is 0 Å². The summed E-state index contributed by atoms with van der Waals surface area (Å²) in [7, 11) is 0. The number of anilines is 2. The normalized spacial score (nSPS) is 22.7. The number of hydrogen-bond acceptors (Lipinski definition) is 7. The predicted molar refractivity (Wildman–Crippen MR) is 160 cm³/mol. The molecule has 9 nitrogen and oxygen atoms in total. The third-order valence-electron chi connectivity index (χ3n) is 9.27. The van der Waals surface area contributed by atoms with Gasteiger partial charge in [-0.25, -0.2) is 8.78 Å². The second-order valence-electron chi connectivity index (χ2n) is 13.0. The molecule has 3 heterocycles. The lowest BCUT2D eigenvalue weighted by Crippen LogP contribution is -2.30. The Balaban J connectivity index is 1.18. The lowest BCUT2D eigenvalue weighted by Gasteiger charge is -2.29. The zero-order chi connectivity index (χ0) is 35.1. The number of imidazole rings is 1. The van der Waals surface area contributed by atoms with Crippen LogP contribution in [0, 0.1) is 17.8 Å². The fourth-order valence-corrected chi connectivity index (χ4v) is 6.43. The van der Waals surface area contributed by atoms with Gasteiger partial charge in [0.1, 0.15) is 0 Å². The summed E-state index contributed by atoms with van der Waals surface area (Å²) in [5, 5.41) is 8.44. The summed E-state index contributed by atoms with van der Waals surface area (Å²) in [6.07, 6.45) is -8.93. The van der Waals surface area contributed by atoms with E-state index in [1.165, 1.54) is 18.2 Å². The number of nitrogens with zero attached hydrogens (tertiary/aromatic N) is 2. The molecule has 3 aliphatic rings. The maximum atomic E-state index is 13.9. The number of benzene rings is 1. The number of pyridine rings is 1. The first kappa shape index (κ1) is 34.8. The molecule has 1 saturated heterocycles. The van der Waals surface area contributed by atoms with Crippen LogP contribution >= 0.6 is 0 Å². The molecule has 0 radical (unpaired) electrons. The number of nitrogens with one attached hydrogen (secondary N) is 4. The van der Waals surface area contributed by atoms with Crippen LogP contribution in [0.3, 0.4) is 0 Å². The highest BCUT2D eigenvalue weighted by molar-refractivity contribution is 6.01. The molecule has 1 aromatic carbocycles. The van der Waals surface area contributed by atoms with E-state index in [-0.39, 0.29) is 78.1 Å². The molecule has 1 aliphatic heterocycles. The number of halogens is 8. The average molecular weight is 703 g/mol. The number of aromatic nitrogens is 3. The number of carbonyl (C=O) groups excluding carboxylic acids is 2. The van der Waals surface area contributed by atoms with Crippen LogP contribution < -0.4 is 20.7 Å². The van der Waals surface area contributed by atoms with Crippen molar-refractivity contribution < 1.29 is 49.4 Å². The van der Waals surface area contributed by atoms with Crippen molar-refractivity contribution in [3.05, 3.63) is 41.0 Å². The molecule has 17 heteroatoms. The smallest absolute Gasteiger partial charge is 0.418 e. The predicted octanol–water partition coefficient (Wildman–Crippen LogP) is 7.06. The van der Waals surface area contributed by atoms with E-state index >= 15 is 0 Å². The third-order valence-corrected chi connectivity index (χ3v) is 9.27. The van der Waals surface area contributed by atoms with Gasteiger partial charge in [-0.15, -0.1) is 0 Å². The number of Topliss-reactive ketones (excluding diaryl/α,β-unsaturated/α-hetero) is 1. The van der Waals surface area contributed by atoms with E-state index in [1.807, 2.05) is 0 Å². The SMILES string of the molecule is O=C(CC1CC1)NCc1ccc(C(F)(F)F)c(Nc2nc3nc(OCC(F)F)c(C(=O)CC4N[C@H]4C4CCC(C(F)(F)F)CC4)cc3[nH]2)c1. The Bertz CT molecular complexity index is 1680. The number of carbonyl (C=O) groups is 2. The number of amides is 1. The molecule has 0 bridgehead atoms. The van der Waals surface area contributed by atoms with Gasteiger partial charge in [-0.2, -0.15) is 36.3 Å². The maximum Gasteiger partial charge on any atom is 0.418 e. The molecule has 266 valence electrons. The molecule has 1 amide bonds. The lowest BCUT2D eigenvalue weighted by molar-refractivity contribution is -0.183. The van der Waals surface area contributed by atoms with E-state index in [0.717, 1.165) is 18.9 Å². The molecule has 2 aliphatic carbocycles. The van der Waals surface area contributed by atoms with Crippen molar-refractivity contribution in [1.29, 1.82) is 0 Å². The minimum absolute atomic E-state index is 0.00188. The summed E-state index contributed by atoms with van der Waals surface area (Å²) >= 11 is 0. The van der Waals surface area contributed by atoms with Crippen molar-refractivity contribution in [3.8, 4) is 5.88 Å². The summed E-state index contributed by atoms with van der Waals surface area (Å²) in [5.74, 6) is -2.38. The Morgan fingerprint density at radius 1 is 0.959 bits per heavy atom. The number of fused-ring (bicyclic) bond motifs is 1. The average Bonchev–Trinajstić information content (AvgIpc) is 3.95. The summed E-state index contributed by atoms with van der Waals surface area (Å²) in [6, 6.07) is 4.13. The van der Waals surface area contributed by atoms with Gasteiger partial charge in [0.2, 0.25) is 17.7 Å². The van der Waals surface area contributed by atoms with Gasteiger partial charge in [0.05, 0.1) is 28.2 Å². The summed E-state index contributed by atoms with van der Waals surface area (Å²) in [5.41, 5.74) is -1.16. The third kappa shape index (κ3) is 8.78. The Morgan fingerprint density at radius 3 is 2.35 bits per heavy atom. The first-order valence-electron chi connectivity index (χ1n) is 16.1. The highest BCUT2D eigenvalue weighted by Crippen LogP contribution is 2.43. The highest BCUT2D eigenvalue weighted by atomic mass is 19.4. The van der Waals surface area contributed by atoms with Gasteiger partial charge in [0.15, 0.2) is 18.0 Å². The largest absolute Gasteiger partial charge is 0.471 e. The van der Waals surface area contributed by atoms with E-state index in [2.05, 4.69) is 30.9 Å². The van der Waals surface area contributed by atoms with Crippen LogP contribution in [0.2, 0.25) is 0 Å². The van der Waals surface area contributed by atoms with Gasteiger partial charge in [0, 0.05) is 31.5 Å². The van der Waals surface area contributed by atoms with Crippen molar-refractivity contribution in [2.75, 3.05) is 11.9 Å². The molecule has 3 fully saturated rings. The van der Waals surface area contributed by atoms with Crippen molar-refractivity contribution >= 4 is 34.5 Å². The van der Waals surface area contributed by atoms with Crippen LogP contribution in [0.4, 0.5) is 46.8 Å². The fourth-order valence-electron chi connectivity index (χ4n) is 6.43. The molecule has 4 N–H and O–H groups in total. The number of alkyl halides is 8. The molecular formula is C32H34F8N6O3. The molecule has 2 aromatic heterocycles. The lowest BCUT2D eigenvalue weighted by atomic mass is 9.79. The zero-order valence-electron chi connectivity index (χ0n) is 26.0. The number of ketones is 1. The van der Waals surface area contributed by atoms with E-state index in [0.29, 0.717) is 30.7 Å². The van der Waals surface area contributed by atoms with Gasteiger partial charge in [-0.3, -0.25) is 9.59 Å². The number of hydrogen-bond donors (Lipinski definition) is 4. The summed E-state index contributed by atoms with van der Waals surface area (Å²) < 4.78 is 112. The quantitative estimate of drug-likeness (QED) is 0.0853. The zero-order valence-corrected chi connectivity index (χ0v) is 26.0. The van der Waals surface area contributed by atoms with Gasteiger partial charge in [-0.1, -0.05) is 6.07 Å². The number of rotatable bonds is 13. The van der Waals surface area contributed by atoms with Crippen LogP contribution in [0.15, 0.2) is 24.3 Å². The van der Waals surface area contributed by atoms with Crippen molar-refractivity contribution in [2.45, 2.75) is 88.8 Å². The second kappa shape index (κ2) is 13.7. The topological polar surface area (TPSA) is 131 Å². The molecule has 6 rings (SSSR count). The highest BCUT2D eigenvalue weighted by Gasteiger charge is 2.48. The Morgan fingerprint density at radius 2 is 1.69 bits per heavy atom. The maximum absolute atomic E-state index is 13.9. The van der Waals surface area contributed by atoms with Crippen molar-refractivity contribution in [2.24, 2.45) is 17.8 Å². The van der Waals surface area contributed by atoms with Gasteiger partial charge in [0.25, 0.3) is 6.43 Å². The minimum Gasteiger partial charge on any atom is -0.471 e. The number of aromatic amines is 1. The van der Waals surface area contributed by atoms with Crippen LogP contribution in [-0.2, 0) is 17.5 Å². The Hall–Kier alpha value is -4.02. The molecule has 2 saturated carbocycles. The Labute approximate surface area is 275 Å².